The van der Waals surface area contributed by atoms with Crippen molar-refractivity contribution in [2.45, 2.75) is 12.5 Å². The quantitative estimate of drug-likeness (QED) is 0.450. The third-order valence-corrected chi connectivity index (χ3v) is 2.64. The van der Waals surface area contributed by atoms with Gasteiger partial charge in [-0.3, -0.25) is 10.1 Å². The summed E-state index contributed by atoms with van der Waals surface area (Å²) in [6, 6.07) is 8.81. The van der Waals surface area contributed by atoms with Crippen LogP contribution >= 0.6 is 0 Å². The third kappa shape index (κ3) is 1.69. The van der Waals surface area contributed by atoms with Gasteiger partial charge in [-0.25, -0.2) is 4.79 Å². The van der Waals surface area contributed by atoms with Crippen LogP contribution in [0.15, 0.2) is 36.4 Å². The lowest BCUT2D eigenvalue weighted by atomic mass is 10.1. The highest BCUT2D eigenvalue weighted by Crippen LogP contribution is 2.46. The van der Waals surface area contributed by atoms with Crippen LogP contribution in [0.3, 0.4) is 0 Å². The molecule has 1 aromatic rings. The Morgan fingerprint density at radius 3 is 2.59 bits per heavy atom. The average Bonchev–Trinajstić information content (AvgIpc) is 3.07. The molecule has 0 bridgehead atoms. The maximum atomic E-state index is 11.6. The first-order chi connectivity index (χ1) is 8.13. The maximum Gasteiger partial charge on any atom is 0.394 e. The molecule has 2 rings (SSSR count). The Morgan fingerprint density at radius 1 is 1.41 bits per heavy atom. The number of rotatable bonds is 4. The molecule has 0 saturated carbocycles. The van der Waals surface area contributed by atoms with Crippen LogP contribution in [0.2, 0.25) is 0 Å². The van der Waals surface area contributed by atoms with E-state index in [-0.39, 0.29) is 6.61 Å². The highest BCUT2D eigenvalue weighted by atomic mass is 16.6. The van der Waals surface area contributed by atoms with Gasteiger partial charge in [-0.15, -0.1) is 0 Å². The van der Waals surface area contributed by atoms with E-state index in [9.17, 15) is 14.9 Å². The minimum absolute atomic E-state index is 0.129. The SMILES string of the molecule is CCOC(=O)C1([N+](=O)[O-])C=C1c1ccccc1. The smallest absolute Gasteiger partial charge is 0.394 e. The maximum absolute atomic E-state index is 11.6. The van der Waals surface area contributed by atoms with Crippen molar-refractivity contribution in [3.05, 3.63) is 52.1 Å². The fourth-order valence-corrected chi connectivity index (χ4v) is 1.73. The standard InChI is InChI=1S/C12H11NO4/c1-2-17-11(14)12(13(15)16)8-10(12)9-6-4-3-5-7-9/h3-8H,2H2,1H3. The largest absolute Gasteiger partial charge is 0.460 e. The number of hydrogen-bond acceptors (Lipinski definition) is 4. The second-order valence-corrected chi connectivity index (χ2v) is 3.67. The number of ether oxygens (including phenoxy) is 1. The fourth-order valence-electron chi connectivity index (χ4n) is 1.73. The Morgan fingerprint density at radius 2 is 2.06 bits per heavy atom. The van der Waals surface area contributed by atoms with Crippen molar-refractivity contribution in [3.8, 4) is 0 Å². The first-order valence-electron chi connectivity index (χ1n) is 5.23. The molecule has 0 radical (unpaired) electrons. The van der Waals surface area contributed by atoms with Gasteiger partial charge in [-0.2, -0.15) is 0 Å². The molecule has 0 N–H and O–H groups in total. The minimum atomic E-state index is -1.77. The predicted molar refractivity (Wildman–Crippen MR) is 60.8 cm³/mol. The van der Waals surface area contributed by atoms with E-state index in [1.807, 2.05) is 6.07 Å². The molecular weight excluding hydrogens is 222 g/mol. The summed E-state index contributed by atoms with van der Waals surface area (Å²) in [5, 5.41) is 11.0. The lowest BCUT2D eigenvalue weighted by molar-refractivity contribution is -0.514. The Labute approximate surface area is 97.9 Å². The molecule has 5 heteroatoms. The van der Waals surface area contributed by atoms with E-state index in [0.29, 0.717) is 11.1 Å². The molecule has 0 fully saturated rings. The summed E-state index contributed by atoms with van der Waals surface area (Å²) in [4.78, 5) is 22.1. The predicted octanol–water partition coefficient (Wildman–Crippen LogP) is 1.66. The van der Waals surface area contributed by atoms with Gasteiger partial charge in [0.15, 0.2) is 0 Å². The second kappa shape index (κ2) is 4.01. The number of carbonyl (C=O) groups excluding carboxylic acids is 1. The summed E-state index contributed by atoms with van der Waals surface area (Å²) in [5.74, 6) is -0.816. The molecule has 0 aromatic heterocycles. The van der Waals surface area contributed by atoms with Crippen LogP contribution in [0, 0.1) is 10.1 Å². The van der Waals surface area contributed by atoms with Crippen LogP contribution in [-0.2, 0) is 9.53 Å². The molecule has 0 aliphatic heterocycles. The topological polar surface area (TPSA) is 69.4 Å². The molecule has 0 heterocycles. The Kier molecular flexibility index (Phi) is 2.67. The first-order valence-corrected chi connectivity index (χ1v) is 5.23. The molecule has 1 aromatic carbocycles. The van der Waals surface area contributed by atoms with E-state index in [1.54, 1.807) is 31.2 Å². The molecular formula is C12H11NO4. The molecule has 1 aliphatic carbocycles. The molecule has 1 aliphatic rings. The van der Waals surface area contributed by atoms with E-state index in [4.69, 9.17) is 4.74 Å². The molecule has 17 heavy (non-hydrogen) atoms. The monoisotopic (exact) mass is 233 g/mol. The van der Waals surface area contributed by atoms with Gasteiger partial charge >= 0.3 is 11.5 Å². The number of nitro groups is 1. The summed E-state index contributed by atoms with van der Waals surface area (Å²) in [7, 11) is 0. The van der Waals surface area contributed by atoms with Gasteiger partial charge in [-0.05, 0) is 12.5 Å². The summed E-state index contributed by atoms with van der Waals surface area (Å²) in [5.41, 5.74) is -0.684. The summed E-state index contributed by atoms with van der Waals surface area (Å²) >= 11 is 0. The van der Waals surface area contributed by atoms with Crippen molar-refractivity contribution in [1.29, 1.82) is 0 Å². The van der Waals surface area contributed by atoms with Crippen molar-refractivity contribution < 1.29 is 14.5 Å². The van der Waals surface area contributed by atoms with Gasteiger partial charge in [0.25, 0.3) is 0 Å². The summed E-state index contributed by atoms with van der Waals surface area (Å²) < 4.78 is 4.75. The van der Waals surface area contributed by atoms with E-state index >= 15 is 0 Å². The van der Waals surface area contributed by atoms with Crippen LogP contribution in [-0.4, -0.2) is 23.0 Å². The number of benzene rings is 1. The highest BCUT2D eigenvalue weighted by molar-refractivity contribution is 6.09. The molecule has 0 amide bonds. The van der Waals surface area contributed by atoms with Crippen molar-refractivity contribution in [1.82, 2.24) is 0 Å². The first kappa shape index (κ1) is 11.3. The summed E-state index contributed by atoms with van der Waals surface area (Å²) in [6.07, 6.45) is 1.33. The van der Waals surface area contributed by atoms with E-state index in [1.165, 1.54) is 6.08 Å². The molecule has 5 nitrogen and oxygen atoms in total. The molecule has 0 saturated heterocycles. The normalized spacial score (nSPS) is 21.6. The zero-order chi connectivity index (χ0) is 12.5. The number of nitrogens with zero attached hydrogens (tertiary/aromatic N) is 1. The van der Waals surface area contributed by atoms with Crippen molar-refractivity contribution >= 4 is 11.5 Å². The van der Waals surface area contributed by atoms with Gasteiger partial charge in [-0.1, -0.05) is 30.3 Å². The molecule has 1 unspecified atom stereocenters. The van der Waals surface area contributed by atoms with Gasteiger partial charge < -0.3 is 4.74 Å². The Hall–Kier alpha value is -2.17. The third-order valence-electron chi connectivity index (χ3n) is 2.64. The Balaban J connectivity index is 2.27. The van der Waals surface area contributed by atoms with Crippen LogP contribution in [0.5, 0.6) is 0 Å². The lowest BCUT2D eigenvalue weighted by Crippen LogP contribution is -2.36. The average molecular weight is 233 g/mol. The van der Waals surface area contributed by atoms with Crippen molar-refractivity contribution in [3.63, 3.8) is 0 Å². The van der Waals surface area contributed by atoms with Gasteiger partial charge in [0.2, 0.25) is 0 Å². The minimum Gasteiger partial charge on any atom is -0.460 e. The fraction of sp³-hybridized carbons (Fsp3) is 0.250. The number of carbonyl (C=O) groups is 1. The van der Waals surface area contributed by atoms with E-state index in [2.05, 4.69) is 0 Å². The van der Waals surface area contributed by atoms with E-state index in [0.717, 1.165) is 0 Å². The molecule has 0 spiro atoms. The Bertz CT molecular complexity index is 494. The van der Waals surface area contributed by atoms with Crippen LogP contribution < -0.4 is 0 Å². The summed E-state index contributed by atoms with van der Waals surface area (Å²) in [6.45, 7) is 1.75. The highest BCUT2D eigenvalue weighted by Gasteiger charge is 2.65. The molecule has 88 valence electrons. The van der Waals surface area contributed by atoms with Crippen LogP contribution in [0.25, 0.3) is 5.57 Å². The van der Waals surface area contributed by atoms with Crippen molar-refractivity contribution in [2.75, 3.05) is 6.61 Å². The van der Waals surface area contributed by atoms with Crippen LogP contribution in [0.4, 0.5) is 0 Å². The zero-order valence-corrected chi connectivity index (χ0v) is 9.25. The van der Waals surface area contributed by atoms with E-state index < -0.39 is 16.4 Å². The van der Waals surface area contributed by atoms with Gasteiger partial charge in [0.05, 0.1) is 12.2 Å². The van der Waals surface area contributed by atoms with Crippen molar-refractivity contribution in [2.24, 2.45) is 0 Å². The number of hydrogen-bond donors (Lipinski definition) is 0. The van der Waals surface area contributed by atoms with Crippen LogP contribution in [0.1, 0.15) is 12.5 Å². The number of esters is 1. The zero-order valence-electron chi connectivity index (χ0n) is 9.25. The lowest BCUT2D eigenvalue weighted by Gasteiger charge is -2.09. The molecule has 1 atom stereocenters. The second-order valence-electron chi connectivity index (χ2n) is 3.67. The van der Waals surface area contributed by atoms with Gasteiger partial charge in [0.1, 0.15) is 0 Å². The van der Waals surface area contributed by atoms with Gasteiger partial charge in [0, 0.05) is 11.0 Å².